The number of esters is 1. The molecule has 1 N–H and O–H groups in total. The first kappa shape index (κ1) is 17.4. The number of ether oxygens (including phenoxy) is 1. The third kappa shape index (κ3) is 8.19. The molecule has 0 aliphatic heterocycles. The van der Waals surface area contributed by atoms with E-state index in [0.29, 0.717) is 0 Å². The molecule has 4 heteroatoms. The lowest BCUT2D eigenvalue weighted by Crippen LogP contribution is -2.46. The van der Waals surface area contributed by atoms with Gasteiger partial charge in [0.2, 0.25) is 5.91 Å². The molecule has 4 nitrogen and oxygen atoms in total. The fourth-order valence-electron chi connectivity index (χ4n) is 1.32. The summed E-state index contributed by atoms with van der Waals surface area (Å²) in [4.78, 5) is 23.7. The molecule has 0 fully saturated rings. The number of rotatable bonds is 5. The fourth-order valence-corrected chi connectivity index (χ4v) is 1.32. The minimum absolute atomic E-state index is 0.0334. The van der Waals surface area contributed by atoms with Crippen LogP contribution in [0.15, 0.2) is 24.3 Å². The maximum atomic E-state index is 12.0. The Bertz CT molecular complexity index is 362. The summed E-state index contributed by atoms with van der Waals surface area (Å²) in [5.74, 6) is -0.744. The van der Waals surface area contributed by atoms with Crippen LogP contribution >= 0.6 is 0 Å². The standard InChI is InChI=1S/C15H25NO3/c1-7-8-9-10-12(17)16-13(11(2)3)14(18)19-15(4,5)6/h7-11,13H,1-6H3,(H,16,17)/t13-/m0/s1. The van der Waals surface area contributed by atoms with E-state index in [1.807, 2.05) is 26.8 Å². The second kappa shape index (κ2) is 7.77. The first-order valence-corrected chi connectivity index (χ1v) is 6.50. The number of amides is 1. The van der Waals surface area contributed by atoms with Crippen molar-refractivity contribution in [3.63, 3.8) is 0 Å². The van der Waals surface area contributed by atoms with Crippen LogP contribution < -0.4 is 5.32 Å². The molecule has 0 heterocycles. The Morgan fingerprint density at radius 3 is 2.16 bits per heavy atom. The van der Waals surface area contributed by atoms with Gasteiger partial charge in [0.05, 0.1) is 0 Å². The zero-order valence-corrected chi connectivity index (χ0v) is 12.7. The number of carbonyl (C=O) groups is 2. The number of allylic oxidation sites excluding steroid dienone is 3. The Balaban J connectivity index is 4.66. The topological polar surface area (TPSA) is 55.4 Å². The number of nitrogens with one attached hydrogen (secondary N) is 1. The van der Waals surface area contributed by atoms with E-state index in [1.165, 1.54) is 6.08 Å². The maximum absolute atomic E-state index is 12.0. The SMILES string of the molecule is CC=CC=CC(=O)N[C@H](C(=O)OC(C)(C)C)C(C)C. The van der Waals surface area contributed by atoms with Gasteiger partial charge in [0, 0.05) is 6.08 Å². The molecule has 0 aromatic heterocycles. The van der Waals surface area contributed by atoms with Gasteiger partial charge in [-0.1, -0.05) is 32.1 Å². The van der Waals surface area contributed by atoms with Crippen molar-refractivity contribution in [1.29, 1.82) is 0 Å². The predicted molar refractivity (Wildman–Crippen MR) is 76.6 cm³/mol. The summed E-state index contributed by atoms with van der Waals surface area (Å²) < 4.78 is 5.30. The summed E-state index contributed by atoms with van der Waals surface area (Å²) >= 11 is 0. The fraction of sp³-hybridized carbons (Fsp3) is 0.600. The third-order valence-electron chi connectivity index (χ3n) is 2.18. The lowest BCUT2D eigenvalue weighted by atomic mass is 10.0. The molecule has 1 amide bonds. The molecule has 0 radical (unpaired) electrons. The lowest BCUT2D eigenvalue weighted by Gasteiger charge is -2.26. The summed E-state index contributed by atoms with van der Waals surface area (Å²) in [5.41, 5.74) is -0.560. The van der Waals surface area contributed by atoms with Crippen molar-refractivity contribution in [2.75, 3.05) is 0 Å². The predicted octanol–water partition coefficient (Wildman–Crippen LogP) is 2.60. The summed E-state index contributed by atoms with van der Waals surface area (Å²) in [5, 5.41) is 2.66. The van der Waals surface area contributed by atoms with Crippen LogP contribution in [0.25, 0.3) is 0 Å². The van der Waals surface area contributed by atoms with Gasteiger partial charge in [-0.05, 0) is 33.6 Å². The second-order valence-corrected chi connectivity index (χ2v) is 5.65. The summed E-state index contributed by atoms with van der Waals surface area (Å²) in [6.07, 6.45) is 6.58. The quantitative estimate of drug-likeness (QED) is 0.473. The molecule has 0 aromatic carbocycles. The Morgan fingerprint density at radius 2 is 1.74 bits per heavy atom. The van der Waals surface area contributed by atoms with E-state index in [9.17, 15) is 9.59 Å². The van der Waals surface area contributed by atoms with Crippen molar-refractivity contribution >= 4 is 11.9 Å². The van der Waals surface area contributed by atoms with Gasteiger partial charge < -0.3 is 10.1 Å². The Kier molecular flexibility index (Phi) is 7.12. The smallest absolute Gasteiger partial charge is 0.329 e. The average molecular weight is 267 g/mol. The highest BCUT2D eigenvalue weighted by Gasteiger charge is 2.28. The van der Waals surface area contributed by atoms with Crippen LogP contribution in [0.5, 0.6) is 0 Å². The number of hydrogen-bond acceptors (Lipinski definition) is 3. The zero-order valence-electron chi connectivity index (χ0n) is 12.7. The van der Waals surface area contributed by atoms with Crippen molar-refractivity contribution in [2.24, 2.45) is 5.92 Å². The summed E-state index contributed by atoms with van der Waals surface area (Å²) in [6, 6.07) is -0.637. The first-order valence-electron chi connectivity index (χ1n) is 6.50. The molecule has 19 heavy (non-hydrogen) atoms. The van der Waals surface area contributed by atoms with Gasteiger partial charge in [0.15, 0.2) is 0 Å². The Labute approximate surface area is 115 Å². The molecule has 0 unspecified atom stereocenters. The molecule has 0 rings (SSSR count). The minimum atomic E-state index is -0.637. The van der Waals surface area contributed by atoms with E-state index >= 15 is 0 Å². The van der Waals surface area contributed by atoms with Gasteiger partial charge in [0.25, 0.3) is 0 Å². The van der Waals surface area contributed by atoms with Gasteiger partial charge in [0.1, 0.15) is 11.6 Å². The summed E-state index contributed by atoms with van der Waals surface area (Å²) in [6.45, 7) is 11.0. The van der Waals surface area contributed by atoms with Crippen LogP contribution in [0.4, 0.5) is 0 Å². The minimum Gasteiger partial charge on any atom is -0.458 e. The average Bonchev–Trinajstić information content (AvgIpc) is 2.23. The van der Waals surface area contributed by atoms with Crippen LogP contribution in [0.2, 0.25) is 0 Å². The number of hydrogen-bond donors (Lipinski definition) is 1. The van der Waals surface area contributed by atoms with Gasteiger partial charge in [-0.25, -0.2) is 4.79 Å². The van der Waals surface area contributed by atoms with Crippen LogP contribution in [0.3, 0.4) is 0 Å². The Hall–Kier alpha value is -1.58. The third-order valence-corrected chi connectivity index (χ3v) is 2.18. The van der Waals surface area contributed by atoms with Gasteiger partial charge >= 0.3 is 5.97 Å². The van der Waals surface area contributed by atoms with Gasteiger partial charge in [-0.2, -0.15) is 0 Å². The molecular weight excluding hydrogens is 242 g/mol. The molecule has 1 atom stereocenters. The van der Waals surface area contributed by atoms with Gasteiger partial charge in [-0.3, -0.25) is 4.79 Å². The van der Waals surface area contributed by atoms with Crippen molar-refractivity contribution in [2.45, 2.75) is 53.2 Å². The molecule has 108 valence electrons. The van der Waals surface area contributed by atoms with E-state index < -0.39 is 17.6 Å². The lowest BCUT2D eigenvalue weighted by molar-refractivity contribution is -0.159. The van der Waals surface area contributed by atoms with E-state index in [4.69, 9.17) is 4.74 Å². The Morgan fingerprint density at radius 1 is 1.16 bits per heavy atom. The second-order valence-electron chi connectivity index (χ2n) is 5.65. The molecular formula is C15H25NO3. The molecule has 0 aliphatic carbocycles. The molecule has 0 aromatic rings. The summed E-state index contributed by atoms with van der Waals surface area (Å²) in [7, 11) is 0. The molecule has 0 saturated carbocycles. The molecule has 0 saturated heterocycles. The van der Waals surface area contributed by atoms with Crippen molar-refractivity contribution in [1.82, 2.24) is 5.32 Å². The largest absolute Gasteiger partial charge is 0.458 e. The van der Waals surface area contributed by atoms with Crippen LogP contribution in [-0.2, 0) is 14.3 Å². The maximum Gasteiger partial charge on any atom is 0.329 e. The van der Waals surface area contributed by atoms with Crippen molar-refractivity contribution in [3.05, 3.63) is 24.3 Å². The molecule has 0 aliphatic rings. The highest BCUT2D eigenvalue weighted by atomic mass is 16.6. The van der Waals surface area contributed by atoms with Crippen LogP contribution in [0, 0.1) is 5.92 Å². The normalized spacial score (nSPS) is 14.1. The monoisotopic (exact) mass is 267 g/mol. The van der Waals surface area contributed by atoms with E-state index in [-0.39, 0.29) is 11.8 Å². The van der Waals surface area contributed by atoms with Gasteiger partial charge in [-0.15, -0.1) is 0 Å². The number of carbonyl (C=O) groups excluding carboxylic acids is 2. The molecule has 0 bridgehead atoms. The first-order chi connectivity index (χ1) is 8.67. The molecule has 0 spiro atoms. The highest BCUT2D eigenvalue weighted by molar-refractivity contribution is 5.91. The highest BCUT2D eigenvalue weighted by Crippen LogP contribution is 2.12. The van der Waals surface area contributed by atoms with Crippen LogP contribution in [-0.4, -0.2) is 23.5 Å². The van der Waals surface area contributed by atoms with Crippen molar-refractivity contribution in [3.8, 4) is 0 Å². The van der Waals surface area contributed by atoms with Crippen LogP contribution in [0.1, 0.15) is 41.5 Å². The van der Waals surface area contributed by atoms with E-state index in [1.54, 1.807) is 32.9 Å². The van der Waals surface area contributed by atoms with E-state index in [0.717, 1.165) is 0 Å². The van der Waals surface area contributed by atoms with E-state index in [2.05, 4.69) is 5.32 Å². The zero-order chi connectivity index (χ0) is 15.1. The van der Waals surface area contributed by atoms with Crippen molar-refractivity contribution < 1.29 is 14.3 Å².